The molecule has 8 nitrogen and oxygen atoms in total. The highest BCUT2D eigenvalue weighted by Crippen LogP contribution is 2.27. The zero-order valence-electron chi connectivity index (χ0n) is 14.9. The van der Waals surface area contributed by atoms with Crippen molar-refractivity contribution in [2.24, 2.45) is 0 Å². The number of carbonyl (C=O) groups excluding carboxylic acids is 2. The summed E-state index contributed by atoms with van der Waals surface area (Å²) in [6, 6.07) is 10.9. The number of rotatable bonds is 8. The standard InChI is InChI=1S/C19H17ClN2O6/c1-2-27-15-7-3-13(4-8-15)5-10-19(24)28-12-18(23)21-14-6-9-16(20)17(11-14)22(25)26/h3-11H,2,12H2,1H3,(H,21,23)/b10-5+. The number of esters is 1. The molecule has 0 radical (unpaired) electrons. The molecule has 1 amide bonds. The zero-order valence-corrected chi connectivity index (χ0v) is 15.6. The predicted molar refractivity (Wildman–Crippen MR) is 104 cm³/mol. The summed E-state index contributed by atoms with van der Waals surface area (Å²) in [5.74, 6) is -0.619. The third kappa shape index (κ3) is 6.40. The van der Waals surface area contributed by atoms with Crippen molar-refractivity contribution in [2.75, 3.05) is 18.5 Å². The van der Waals surface area contributed by atoms with Gasteiger partial charge in [0.05, 0.1) is 11.5 Å². The fraction of sp³-hybridized carbons (Fsp3) is 0.158. The van der Waals surface area contributed by atoms with Crippen LogP contribution in [0.15, 0.2) is 48.5 Å². The molecule has 0 bridgehead atoms. The lowest BCUT2D eigenvalue weighted by Crippen LogP contribution is -2.20. The normalized spacial score (nSPS) is 10.5. The molecule has 0 heterocycles. The second-order valence-corrected chi connectivity index (χ2v) is 5.82. The van der Waals surface area contributed by atoms with Gasteiger partial charge in [-0.05, 0) is 42.8 Å². The van der Waals surface area contributed by atoms with Crippen molar-refractivity contribution in [2.45, 2.75) is 6.92 Å². The van der Waals surface area contributed by atoms with Crippen LogP contribution in [0.4, 0.5) is 11.4 Å². The van der Waals surface area contributed by atoms with Gasteiger partial charge >= 0.3 is 5.97 Å². The molecule has 0 aliphatic rings. The number of nitro benzene ring substituents is 1. The van der Waals surface area contributed by atoms with Gasteiger partial charge in [-0.25, -0.2) is 4.79 Å². The van der Waals surface area contributed by atoms with E-state index in [1.807, 2.05) is 6.92 Å². The summed E-state index contributed by atoms with van der Waals surface area (Å²) >= 11 is 5.70. The maximum atomic E-state index is 11.8. The quantitative estimate of drug-likeness (QED) is 0.310. The molecule has 0 spiro atoms. The Morgan fingerprint density at radius 3 is 2.57 bits per heavy atom. The number of carbonyl (C=O) groups is 2. The molecular weight excluding hydrogens is 388 g/mol. The van der Waals surface area contributed by atoms with Gasteiger partial charge in [-0.3, -0.25) is 14.9 Å². The van der Waals surface area contributed by atoms with Crippen molar-refractivity contribution in [3.63, 3.8) is 0 Å². The number of benzene rings is 2. The average molecular weight is 405 g/mol. The first-order chi connectivity index (χ1) is 13.4. The van der Waals surface area contributed by atoms with Crippen molar-refractivity contribution in [1.82, 2.24) is 0 Å². The minimum atomic E-state index is -0.703. The summed E-state index contributed by atoms with van der Waals surface area (Å²) < 4.78 is 10.2. The summed E-state index contributed by atoms with van der Waals surface area (Å²) in [5, 5.41) is 13.2. The van der Waals surface area contributed by atoms with E-state index in [0.29, 0.717) is 6.61 Å². The monoisotopic (exact) mass is 404 g/mol. The van der Waals surface area contributed by atoms with Crippen LogP contribution in [0, 0.1) is 10.1 Å². The largest absolute Gasteiger partial charge is 0.494 e. The maximum Gasteiger partial charge on any atom is 0.331 e. The fourth-order valence-corrected chi connectivity index (χ4v) is 2.30. The van der Waals surface area contributed by atoms with Crippen LogP contribution < -0.4 is 10.1 Å². The Balaban J connectivity index is 1.84. The van der Waals surface area contributed by atoms with Crippen LogP contribution in [-0.4, -0.2) is 30.0 Å². The summed E-state index contributed by atoms with van der Waals surface area (Å²) in [5.41, 5.74) is 0.593. The Kier molecular flexibility index (Phi) is 7.53. The Morgan fingerprint density at radius 1 is 1.21 bits per heavy atom. The number of halogens is 1. The van der Waals surface area contributed by atoms with E-state index in [1.165, 1.54) is 18.2 Å². The second-order valence-electron chi connectivity index (χ2n) is 5.41. The number of ether oxygens (including phenoxy) is 2. The molecule has 0 fully saturated rings. The van der Waals surface area contributed by atoms with E-state index in [-0.39, 0.29) is 16.4 Å². The van der Waals surface area contributed by atoms with Gasteiger partial charge in [-0.2, -0.15) is 0 Å². The lowest BCUT2D eigenvalue weighted by molar-refractivity contribution is -0.384. The predicted octanol–water partition coefficient (Wildman–Crippen LogP) is 3.84. The summed E-state index contributed by atoms with van der Waals surface area (Å²) in [6.45, 7) is 1.91. The molecule has 28 heavy (non-hydrogen) atoms. The van der Waals surface area contributed by atoms with Crippen LogP contribution in [0.2, 0.25) is 5.02 Å². The van der Waals surface area contributed by atoms with Gasteiger partial charge in [0.1, 0.15) is 10.8 Å². The molecule has 0 saturated heterocycles. The molecule has 9 heteroatoms. The number of hydrogen-bond donors (Lipinski definition) is 1. The summed E-state index contributed by atoms with van der Waals surface area (Å²) in [4.78, 5) is 33.7. The van der Waals surface area contributed by atoms with Crippen LogP contribution in [0.25, 0.3) is 6.08 Å². The van der Waals surface area contributed by atoms with E-state index >= 15 is 0 Å². The average Bonchev–Trinajstić information content (AvgIpc) is 2.67. The first-order valence-electron chi connectivity index (χ1n) is 8.20. The van der Waals surface area contributed by atoms with Gasteiger partial charge < -0.3 is 14.8 Å². The maximum absolute atomic E-state index is 11.8. The van der Waals surface area contributed by atoms with E-state index in [0.717, 1.165) is 17.4 Å². The van der Waals surface area contributed by atoms with Gasteiger partial charge in [0.15, 0.2) is 6.61 Å². The van der Waals surface area contributed by atoms with E-state index in [4.69, 9.17) is 21.1 Å². The van der Waals surface area contributed by atoms with Crippen LogP contribution in [0.1, 0.15) is 12.5 Å². The highest BCUT2D eigenvalue weighted by Gasteiger charge is 2.14. The number of nitrogens with one attached hydrogen (secondary N) is 1. The molecule has 0 atom stereocenters. The van der Waals surface area contributed by atoms with Gasteiger partial charge in [0, 0.05) is 17.8 Å². The molecule has 0 saturated carbocycles. The van der Waals surface area contributed by atoms with E-state index < -0.39 is 23.4 Å². The van der Waals surface area contributed by atoms with Gasteiger partial charge in [-0.15, -0.1) is 0 Å². The number of nitrogens with zero attached hydrogens (tertiary/aromatic N) is 1. The zero-order chi connectivity index (χ0) is 20.5. The van der Waals surface area contributed by atoms with Crippen molar-refractivity contribution in [3.8, 4) is 5.75 Å². The lowest BCUT2D eigenvalue weighted by Gasteiger charge is -2.06. The third-order valence-corrected chi connectivity index (χ3v) is 3.69. The Morgan fingerprint density at radius 2 is 1.93 bits per heavy atom. The first kappa shape index (κ1) is 20.9. The minimum absolute atomic E-state index is 0.0474. The van der Waals surface area contributed by atoms with E-state index in [9.17, 15) is 19.7 Å². The van der Waals surface area contributed by atoms with Gasteiger partial charge in [0.2, 0.25) is 0 Å². The SMILES string of the molecule is CCOc1ccc(/C=C/C(=O)OCC(=O)Nc2ccc(Cl)c([N+](=O)[O-])c2)cc1. The fourth-order valence-electron chi connectivity index (χ4n) is 2.12. The van der Waals surface area contributed by atoms with Crippen LogP contribution in [0.3, 0.4) is 0 Å². The smallest absolute Gasteiger partial charge is 0.331 e. The van der Waals surface area contributed by atoms with Crippen molar-refractivity contribution >= 4 is 40.9 Å². The number of amides is 1. The molecule has 2 aromatic rings. The number of anilines is 1. The molecule has 146 valence electrons. The molecule has 0 aliphatic heterocycles. The van der Waals surface area contributed by atoms with E-state index in [2.05, 4.69) is 5.32 Å². The molecule has 1 N–H and O–H groups in total. The Bertz CT molecular complexity index is 896. The lowest BCUT2D eigenvalue weighted by atomic mass is 10.2. The van der Waals surface area contributed by atoms with Crippen molar-refractivity contribution < 1.29 is 24.0 Å². The molecular formula is C19H17ClN2O6. The summed E-state index contributed by atoms with van der Waals surface area (Å²) in [6.07, 6.45) is 2.73. The highest BCUT2D eigenvalue weighted by molar-refractivity contribution is 6.32. The topological polar surface area (TPSA) is 108 Å². The van der Waals surface area contributed by atoms with Crippen LogP contribution in [-0.2, 0) is 14.3 Å². The van der Waals surface area contributed by atoms with Crippen LogP contribution in [0.5, 0.6) is 5.75 Å². The van der Waals surface area contributed by atoms with E-state index in [1.54, 1.807) is 30.3 Å². The highest BCUT2D eigenvalue weighted by atomic mass is 35.5. The Hall–Kier alpha value is -3.39. The summed E-state index contributed by atoms with van der Waals surface area (Å²) in [7, 11) is 0. The molecule has 0 unspecified atom stereocenters. The number of hydrogen-bond acceptors (Lipinski definition) is 6. The molecule has 0 aliphatic carbocycles. The second kappa shape index (κ2) is 10.1. The third-order valence-electron chi connectivity index (χ3n) is 3.38. The van der Waals surface area contributed by atoms with Gasteiger partial charge in [0.25, 0.3) is 11.6 Å². The van der Waals surface area contributed by atoms with Crippen LogP contribution >= 0.6 is 11.6 Å². The first-order valence-corrected chi connectivity index (χ1v) is 8.58. The number of nitro groups is 1. The molecule has 0 aromatic heterocycles. The minimum Gasteiger partial charge on any atom is -0.494 e. The van der Waals surface area contributed by atoms with Crippen molar-refractivity contribution in [1.29, 1.82) is 0 Å². The van der Waals surface area contributed by atoms with Crippen molar-refractivity contribution in [3.05, 3.63) is 69.2 Å². The van der Waals surface area contributed by atoms with Gasteiger partial charge in [-0.1, -0.05) is 23.7 Å². The Labute approximate surface area is 165 Å². The molecule has 2 aromatic carbocycles. The molecule has 2 rings (SSSR count).